The van der Waals surface area contributed by atoms with E-state index in [1.807, 2.05) is 37.5 Å². The number of anilines is 1. The van der Waals surface area contributed by atoms with Crippen molar-refractivity contribution in [2.75, 3.05) is 31.5 Å². The molecule has 2 fully saturated rings. The largest absolute Gasteiger partial charge is 0.444 e. The first-order valence-electron chi connectivity index (χ1n) is 17.1. The topological polar surface area (TPSA) is 120 Å². The van der Waals surface area contributed by atoms with Gasteiger partial charge in [-0.05, 0) is 88.6 Å². The third-order valence-electron chi connectivity index (χ3n) is 9.76. The molecule has 1 unspecified atom stereocenters. The Labute approximate surface area is 293 Å². The van der Waals surface area contributed by atoms with Crippen molar-refractivity contribution in [1.82, 2.24) is 24.3 Å². The summed E-state index contributed by atoms with van der Waals surface area (Å²) in [4.78, 5) is 25.9. The van der Waals surface area contributed by atoms with E-state index in [0.717, 1.165) is 60.3 Å². The smallest absolute Gasteiger partial charge is 0.410 e. The zero-order valence-corrected chi connectivity index (χ0v) is 29.7. The molecular formula is C36H44F3N7O3S. The molecule has 2 saturated heterocycles. The summed E-state index contributed by atoms with van der Waals surface area (Å²) >= 11 is 1.05. The molecule has 3 aromatic heterocycles. The Morgan fingerprint density at radius 3 is 2.48 bits per heavy atom. The lowest BCUT2D eigenvalue weighted by Gasteiger charge is -2.35. The molecule has 5 heterocycles. The minimum absolute atomic E-state index is 0.00735. The molecule has 1 amide bonds. The number of amides is 1. The average Bonchev–Trinajstić information content (AvgIpc) is 3.63. The molecule has 1 aromatic carbocycles. The van der Waals surface area contributed by atoms with Crippen molar-refractivity contribution in [2.24, 2.45) is 5.92 Å². The van der Waals surface area contributed by atoms with Crippen LogP contribution in [0.3, 0.4) is 0 Å². The molecule has 50 heavy (non-hydrogen) atoms. The monoisotopic (exact) mass is 711 g/mol. The third-order valence-corrected chi connectivity index (χ3v) is 10.8. The molecule has 0 radical (unpaired) electrons. The molecule has 6 rings (SSSR count). The van der Waals surface area contributed by atoms with E-state index < -0.39 is 24.3 Å². The van der Waals surface area contributed by atoms with Gasteiger partial charge in [0.05, 0.1) is 24.5 Å². The van der Waals surface area contributed by atoms with Crippen LogP contribution in [-0.2, 0) is 24.2 Å². The number of aliphatic hydroxyl groups excluding tert-OH is 1. The number of nitrogens with zero attached hydrogens (tertiary/aromatic N) is 6. The van der Waals surface area contributed by atoms with E-state index in [1.165, 1.54) is 11.9 Å². The van der Waals surface area contributed by atoms with Crippen LogP contribution in [0, 0.1) is 24.2 Å². The molecule has 4 aromatic rings. The van der Waals surface area contributed by atoms with Crippen LogP contribution in [0.25, 0.3) is 21.1 Å². The number of likely N-dealkylation sites (tertiary alicyclic amines) is 2. The van der Waals surface area contributed by atoms with Gasteiger partial charge in [0.25, 0.3) is 0 Å². The Kier molecular flexibility index (Phi) is 10.3. The number of thiophene rings is 1. The Morgan fingerprint density at radius 1 is 1.10 bits per heavy atom. The number of ether oxygens (including phenoxy) is 1. The van der Waals surface area contributed by atoms with Crippen LogP contribution in [0.15, 0.2) is 30.6 Å². The first kappa shape index (κ1) is 35.9. The fourth-order valence-electron chi connectivity index (χ4n) is 7.09. The van der Waals surface area contributed by atoms with Gasteiger partial charge in [-0.15, -0.1) is 11.3 Å². The second-order valence-electron chi connectivity index (χ2n) is 14.5. The van der Waals surface area contributed by atoms with E-state index in [1.54, 1.807) is 11.0 Å². The third kappa shape index (κ3) is 8.33. The van der Waals surface area contributed by atoms with Gasteiger partial charge in [-0.25, -0.2) is 14.8 Å². The number of hydrogen-bond acceptors (Lipinski definition) is 9. The molecule has 2 aliphatic heterocycles. The highest BCUT2D eigenvalue weighted by Crippen LogP contribution is 2.34. The summed E-state index contributed by atoms with van der Waals surface area (Å²) in [6.45, 7) is 11.4. The predicted octanol–water partition coefficient (Wildman–Crippen LogP) is 7.02. The number of piperidine rings is 2. The first-order chi connectivity index (χ1) is 23.7. The lowest BCUT2D eigenvalue weighted by molar-refractivity contribution is -0.126. The van der Waals surface area contributed by atoms with E-state index in [9.17, 15) is 28.3 Å². The first-order valence-corrected chi connectivity index (χ1v) is 18.0. The summed E-state index contributed by atoms with van der Waals surface area (Å²) < 4.78 is 46.3. The zero-order chi connectivity index (χ0) is 35.8. The number of nitrogens with one attached hydrogen (secondary N) is 1. The fourth-order valence-corrected chi connectivity index (χ4v) is 8.11. The van der Waals surface area contributed by atoms with Gasteiger partial charge in [0.15, 0.2) is 0 Å². The Bertz CT molecular complexity index is 1880. The molecule has 1 atom stereocenters. The van der Waals surface area contributed by atoms with E-state index >= 15 is 0 Å². The number of rotatable bonds is 8. The molecule has 0 saturated carbocycles. The molecule has 2 N–H and O–H groups in total. The molecule has 10 nitrogen and oxygen atoms in total. The zero-order valence-electron chi connectivity index (χ0n) is 28.9. The maximum atomic E-state index is 13.0. The van der Waals surface area contributed by atoms with E-state index in [4.69, 9.17) is 4.74 Å². The van der Waals surface area contributed by atoms with Gasteiger partial charge in [-0.3, -0.25) is 4.90 Å². The summed E-state index contributed by atoms with van der Waals surface area (Å²) in [5.74, 6) is 0.585. The standard InChI is InChI=1S/C36H44F3N7O3S/c1-22-24(19-44-11-9-25(10-12-44)43-32-29-16-27(17-36(37,38)39)50-33(29)42-21-41-32)5-6-30-28(22)15-26(18-40)46(30)20-31(47)23-7-13-45(14-8-23)34(48)49-35(2,3)4/h5-6,15-16,21,23,25,31,47H,7-14,17,19-20H2,1-4H3,(H,41,42,43). The molecule has 268 valence electrons. The van der Waals surface area contributed by atoms with E-state index in [-0.39, 0.29) is 22.9 Å². The lowest BCUT2D eigenvalue weighted by atomic mass is 9.91. The number of aryl methyl sites for hydroxylation is 1. The van der Waals surface area contributed by atoms with Crippen LogP contribution in [0.4, 0.5) is 23.8 Å². The van der Waals surface area contributed by atoms with Gasteiger partial charge in [0.1, 0.15) is 34.3 Å². The van der Waals surface area contributed by atoms with Crippen molar-refractivity contribution in [3.05, 3.63) is 52.3 Å². The van der Waals surface area contributed by atoms with Gasteiger partial charge in [0, 0.05) is 54.5 Å². The SMILES string of the molecule is Cc1c(CN2CCC(Nc3ncnc4sc(CC(F)(F)F)cc34)CC2)ccc2c1cc(C#N)n2CC(O)C1CCN(C(=O)OC(C)(C)C)CC1. The van der Waals surface area contributed by atoms with Crippen molar-refractivity contribution in [2.45, 2.75) is 96.8 Å². The van der Waals surface area contributed by atoms with Crippen molar-refractivity contribution < 1.29 is 27.8 Å². The average molecular weight is 712 g/mol. The quantitative estimate of drug-likeness (QED) is 0.200. The number of nitriles is 1. The number of carbonyl (C=O) groups excluding carboxylic acids is 1. The summed E-state index contributed by atoms with van der Waals surface area (Å²) in [5, 5.41) is 26.4. The van der Waals surface area contributed by atoms with Crippen LogP contribution >= 0.6 is 11.3 Å². The Balaban J connectivity index is 1.06. The van der Waals surface area contributed by atoms with Crippen LogP contribution < -0.4 is 5.32 Å². The van der Waals surface area contributed by atoms with Crippen LogP contribution in [0.5, 0.6) is 0 Å². The van der Waals surface area contributed by atoms with Gasteiger partial charge in [-0.1, -0.05) is 6.07 Å². The number of aromatic nitrogens is 3. The highest BCUT2D eigenvalue weighted by atomic mass is 32.1. The van der Waals surface area contributed by atoms with Gasteiger partial charge in [0.2, 0.25) is 0 Å². The van der Waals surface area contributed by atoms with Gasteiger partial charge in [-0.2, -0.15) is 18.4 Å². The molecule has 14 heteroatoms. The van der Waals surface area contributed by atoms with E-state index in [2.05, 4.69) is 39.2 Å². The van der Waals surface area contributed by atoms with Gasteiger partial charge >= 0.3 is 12.3 Å². The number of alkyl halides is 3. The van der Waals surface area contributed by atoms with Gasteiger partial charge < -0.3 is 24.6 Å². The Morgan fingerprint density at radius 2 is 1.82 bits per heavy atom. The number of fused-ring (bicyclic) bond motifs is 2. The molecule has 0 spiro atoms. The lowest BCUT2D eigenvalue weighted by Crippen LogP contribution is -2.44. The number of carbonyl (C=O) groups is 1. The molecular weight excluding hydrogens is 668 g/mol. The minimum atomic E-state index is -4.27. The van der Waals surface area contributed by atoms with E-state index in [0.29, 0.717) is 54.2 Å². The van der Waals surface area contributed by atoms with Crippen LogP contribution in [0.2, 0.25) is 0 Å². The molecule has 0 aliphatic carbocycles. The molecule has 0 bridgehead atoms. The summed E-state index contributed by atoms with van der Waals surface area (Å²) in [6.07, 6.45) is -1.79. The summed E-state index contributed by atoms with van der Waals surface area (Å²) in [5.41, 5.74) is 3.15. The second kappa shape index (κ2) is 14.4. The van der Waals surface area contributed by atoms with Crippen molar-refractivity contribution in [3.63, 3.8) is 0 Å². The number of aliphatic hydroxyl groups is 1. The normalized spacial score (nSPS) is 17.7. The van der Waals surface area contributed by atoms with Crippen LogP contribution in [0.1, 0.15) is 68.2 Å². The number of benzene rings is 1. The van der Waals surface area contributed by atoms with Crippen molar-refractivity contribution >= 4 is 44.4 Å². The predicted molar refractivity (Wildman–Crippen MR) is 187 cm³/mol. The highest BCUT2D eigenvalue weighted by molar-refractivity contribution is 7.18. The van der Waals surface area contributed by atoms with Crippen molar-refractivity contribution in [3.8, 4) is 6.07 Å². The maximum absolute atomic E-state index is 13.0. The fraction of sp³-hybridized carbons (Fsp3) is 0.556. The summed E-state index contributed by atoms with van der Waals surface area (Å²) in [6, 6.07) is 10.1. The number of hydrogen-bond donors (Lipinski definition) is 2. The van der Waals surface area contributed by atoms with Crippen LogP contribution in [-0.4, -0.2) is 85.6 Å². The Hall–Kier alpha value is -3.93. The second-order valence-corrected chi connectivity index (χ2v) is 15.7. The highest BCUT2D eigenvalue weighted by Gasteiger charge is 2.32. The maximum Gasteiger partial charge on any atom is 0.410 e. The number of halogens is 3. The van der Waals surface area contributed by atoms with Crippen molar-refractivity contribution in [1.29, 1.82) is 5.26 Å². The summed E-state index contributed by atoms with van der Waals surface area (Å²) in [7, 11) is 0. The minimum Gasteiger partial charge on any atom is -0.444 e. The molecule has 2 aliphatic rings.